The number of benzene rings is 2. The third-order valence-corrected chi connectivity index (χ3v) is 5.67. The van der Waals surface area contributed by atoms with Gasteiger partial charge in [-0.05, 0) is 12.1 Å². The molecule has 3 fully saturated rings. The molecule has 4 heteroatoms. The van der Waals surface area contributed by atoms with E-state index in [1.807, 2.05) is 30.3 Å². The van der Waals surface area contributed by atoms with Crippen LogP contribution >= 0.6 is 0 Å². The molecule has 2 aromatic carbocycles. The zero-order valence-electron chi connectivity index (χ0n) is 14.3. The highest BCUT2D eigenvalue weighted by atomic mass is 35.5. The van der Waals surface area contributed by atoms with Crippen LogP contribution in [0.25, 0.3) is 0 Å². The molecule has 132 valence electrons. The van der Waals surface area contributed by atoms with Gasteiger partial charge in [0.25, 0.3) is 0 Å². The molecule has 1 unspecified atom stereocenters. The van der Waals surface area contributed by atoms with Crippen LogP contribution in [0.1, 0.15) is 28.8 Å². The predicted octanol–water partition coefficient (Wildman–Crippen LogP) is 0.657. The van der Waals surface area contributed by atoms with E-state index >= 15 is 0 Å². The number of rotatable bonds is 4. The van der Waals surface area contributed by atoms with Crippen LogP contribution in [0, 0.1) is 5.92 Å². The number of fused-ring (bicyclic) bond motifs is 3. The highest BCUT2D eigenvalue weighted by Gasteiger charge is 2.47. The fourth-order valence-electron chi connectivity index (χ4n) is 4.33. The maximum atomic E-state index is 12.4. The van der Waals surface area contributed by atoms with Crippen molar-refractivity contribution in [3.63, 3.8) is 0 Å². The topological polar surface area (TPSA) is 26.3 Å². The van der Waals surface area contributed by atoms with Gasteiger partial charge in [0, 0.05) is 24.3 Å². The first-order valence-electron chi connectivity index (χ1n) is 8.89. The zero-order valence-corrected chi connectivity index (χ0v) is 15.1. The Bertz CT molecular complexity index is 696. The molecule has 0 N–H and O–H groups in total. The Morgan fingerprint density at radius 1 is 0.960 bits per heavy atom. The molecule has 1 atom stereocenters. The monoisotopic (exact) mass is 357 g/mol. The van der Waals surface area contributed by atoms with Crippen molar-refractivity contribution in [2.24, 2.45) is 5.92 Å². The number of ether oxygens (including phenoxy) is 1. The first-order valence-corrected chi connectivity index (χ1v) is 8.89. The van der Waals surface area contributed by atoms with Crippen LogP contribution in [0.4, 0.5) is 0 Å². The molecule has 3 heterocycles. The standard InChI is InChI=1S/C21H24NO2.ClH/c23-21(19-9-5-2-6-10-19)24-20-16-22(13-11-18(20)12-14-22)15-17-7-3-1-4-8-17;/h1-10,18,20H,11-16H2;1H/q+1;/p-1. The van der Waals surface area contributed by atoms with Crippen LogP contribution in [0.15, 0.2) is 60.7 Å². The second-order valence-electron chi connectivity index (χ2n) is 7.26. The predicted molar refractivity (Wildman–Crippen MR) is 93.4 cm³/mol. The molecular formula is C21H24ClNO2. The van der Waals surface area contributed by atoms with Crippen molar-refractivity contribution in [1.82, 2.24) is 0 Å². The number of hydrogen-bond donors (Lipinski definition) is 0. The molecule has 0 aliphatic carbocycles. The minimum Gasteiger partial charge on any atom is -1.00 e. The fraction of sp³-hybridized carbons (Fsp3) is 0.381. The average Bonchev–Trinajstić information content (AvgIpc) is 2.64. The number of nitrogens with zero attached hydrogens (tertiary/aromatic N) is 1. The largest absolute Gasteiger partial charge is 1.00 e. The van der Waals surface area contributed by atoms with Gasteiger partial charge < -0.3 is 21.6 Å². The third-order valence-electron chi connectivity index (χ3n) is 5.67. The van der Waals surface area contributed by atoms with Crippen molar-refractivity contribution >= 4 is 5.97 Å². The number of carbonyl (C=O) groups excluding carboxylic acids is 1. The van der Waals surface area contributed by atoms with Crippen LogP contribution < -0.4 is 12.4 Å². The van der Waals surface area contributed by atoms with Crippen LogP contribution in [0.5, 0.6) is 0 Å². The number of esters is 1. The second-order valence-corrected chi connectivity index (χ2v) is 7.26. The maximum absolute atomic E-state index is 12.4. The number of quaternary nitrogens is 1. The van der Waals surface area contributed by atoms with E-state index < -0.39 is 0 Å². The van der Waals surface area contributed by atoms with Crippen LogP contribution in [-0.4, -0.2) is 36.2 Å². The van der Waals surface area contributed by atoms with E-state index in [0.717, 1.165) is 17.6 Å². The molecule has 0 radical (unpaired) electrons. The van der Waals surface area contributed by atoms with E-state index in [1.165, 1.54) is 31.5 Å². The van der Waals surface area contributed by atoms with Crippen molar-refractivity contribution in [3.05, 3.63) is 71.8 Å². The average molecular weight is 358 g/mol. The summed E-state index contributed by atoms with van der Waals surface area (Å²) in [5.74, 6) is 0.362. The van der Waals surface area contributed by atoms with E-state index in [1.54, 1.807) is 0 Å². The van der Waals surface area contributed by atoms with Crippen molar-refractivity contribution in [2.45, 2.75) is 25.5 Å². The molecule has 0 amide bonds. The molecule has 0 saturated carbocycles. The Hall–Kier alpha value is -1.84. The van der Waals surface area contributed by atoms with Crippen molar-refractivity contribution in [2.75, 3.05) is 19.6 Å². The summed E-state index contributed by atoms with van der Waals surface area (Å²) in [5.41, 5.74) is 2.04. The Balaban J connectivity index is 0.00000182. The minimum absolute atomic E-state index is 0. The van der Waals surface area contributed by atoms with E-state index in [0.29, 0.717) is 11.5 Å². The highest BCUT2D eigenvalue weighted by molar-refractivity contribution is 5.89. The minimum atomic E-state index is -0.174. The number of piperidine rings is 3. The van der Waals surface area contributed by atoms with Gasteiger partial charge in [-0.1, -0.05) is 48.5 Å². The lowest BCUT2D eigenvalue weighted by molar-refractivity contribution is -0.958. The molecule has 3 aliphatic heterocycles. The summed E-state index contributed by atoms with van der Waals surface area (Å²) in [7, 11) is 0. The first-order chi connectivity index (χ1) is 11.7. The summed E-state index contributed by atoms with van der Waals surface area (Å²) in [6.07, 6.45) is 2.39. The van der Waals surface area contributed by atoms with Gasteiger partial charge in [-0.25, -0.2) is 4.79 Å². The molecule has 3 nitrogen and oxygen atoms in total. The summed E-state index contributed by atoms with van der Waals surface area (Å²) in [6.45, 7) is 4.42. The molecule has 3 aliphatic rings. The second kappa shape index (κ2) is 7.59. The highest BCUT2D eigenvalue weighted by Crippen LogP contribution is 2.37. The van der Waals surface area contributed by atoms with E-state index in [2.05, 4.69) is 30.3 Å². The van der Waals surface area contributed by atoms with Crippen molar-refractivity contribution in [3.8, 4) is 0 Å². The van der Waals surface area contributed by atoms with Crippen molar-refractivity contribution in [1.29, 1.82) is 0 Å². The molecular weight excluding hydrogens is 334 g/mol. The summed E-state index contributed by atoms with van der Waals surface area (Å²) in [4.78, 5) is 12.4. The summed E-state index contributed by atoms with van der Waals surface area (Å²) >= 11 is 0. The van der Waals surface area contributed by atoms with Gasteiger partial charge in [-0.2, -0.15) is 0 Å². The molecule has 0 spiro atoms. The zero-order chi connectivity index (χ0) is 16.4. The molecule has 2 aromatic rings. The molecule has 2 bridgehead atoms. The number of carbonyl (C=O) groups is 1. The van der Waals surface area contributed by atoms with Crippen LogP contribution in [-0.2, 0) is 11.3 Å². The SMILES string of the molecule is O=C(OC1C[N+]2(Cc3ccccc3)CCC1CC2)c1ccccc1.[Cl-]. The smallest absolute Gasteiger partial charge is 0.338 e. The van der Waals surface area contributed by atoms with E-state index in [9.17, 15) is 4.79 Å². The van der Waals surface area contributed by atoms with E-state index in [4.69, 9.17) is 4.74 Å². The Morgan fingerprint density at radius 2 is 1.56 bits per heavy atom. The Labute approximate surface area is 155 Å². The number of halogens is 1. The Kier molecular flexibility index (Phi) is 5.45. The van der Waals surface area contributed by atoms with Gasteiger partial charge in [-0.3, -0.25) is 0 Å². The number of hydrogen-bond acceptors (Lipinski definition) is 2. The van der Waals surface area contributed by atoms with Gasteiger partial charge in [0.15, 0.2) is 6.10 Å². The summed E-state index contributed by atoms with van der Waals surface area (Å²) < 4.78 is 6.98. The fourth-order valence-corrected chi connectivity index (χ4v) is 4.33. The first kappa shape index (κ1) is 18.0. The third kappa shape index (κ3) is 3.88. The molecule has 25 heavy (non-hydrogen) atoms. The summed E-state index contributed by atoms with van der Waals surface area (Å²) in [6, 6.07) is 20.1. The molecule has 0 aromatic heterocycles. The van der Waals surface area contributed by atoms with Gasteiger partial charge in [0.1, 0.15) is 13.1 Å². The van der Waals surface area contributed by atoms with Gasteiger partial charge >= 0.3 is 5.97 Å². The van der Waals surface area contributed by atoms with Gasteiger partial charge in [0.2, 0.25) is 0 Å². The summed E-state index contributed by atoms with van der Waals surface area (Å²) in [5, 5.41) is 0. The van der Waals surface area contributed by atoms with E-state index in [-0.39, 0.29) is 24.5 Å². The Morgan fingerprint density at radius 3 is 2.20 bits per heavy atom. The van der Waals surface area contributed by atoms with Crippen LogP contribution in [0.3, 0.4) is 0 Å². The maximum Gasteiger partial charge on any atom is 0.338 e. The lowest BCUT2D eigenvalue weighted by atomic mass is 9.83. The normalized spacial score (nSPS) is 27.4. The van der Waals surface area contributed by atoms with Crippen LogP contribution in [0.2, 0.25) is 0 Å². The molecule has 5 rings (SSSR count). The lowest BCUT2D eigenvalue weighted by Crippen LogP contribution is -3.00. The van der Waals surface area contributed by atoms with Gasteiger partial charge in [-0.15, -0.1) is 0 Å². The molecule has 3 saturated heterocycles. The van der Waals surface area contributed by atoms with Crippen molar-refractivity contribution < 1.29 is 26.4 Å². The van der Waals surface area contributed by atoms with Gasteiger partial charge in [0.05, 0.1) is 18.7 Å². The quantitative estimate of drug-likeness (QED) is 0.593. The lowest BCUT2D eigenvalue weighted by Gasteiger charge is -2.52.